The molecule has 1 aliphatic rings. The number of aliphatic imine (C=N–C) groups is 1. The molecular formula is C14H20N6. The Morgan fingerprint density at radius 3 is 2.90 bits per heavy atom. The van der Waals surface area contributed by atoms with E-state index >= 15 is 0 Å². The van der Waals surface area contributed by atoms with Crippen LogP contribution >= 0.6 is 0 Å². The standard InChI is InChI=1S/C14H20N6/c15-14(19-9-3-1-4-10-19)16-8-7-13-18-17-12-6-2-5-11-20(12)13/h2,5-6,11H,1,3-4,7-10H2,(H2,15,16). The van der Waals surface area contributed by atoms with Crippen LogP contribution in [0.15, 0.2) is 29.4 Å². The number of aromatic nitrogens is 3. The van der Waals surface area contributed by atoms with Gasteiger partial charge in [0.1, 0.15) is 5.82 Å². The molecule has 0 unspecified atom stereocenters. The Morgan fingerprint density at radius 1 is 1.20 bits per heavy atom. The Bertz CT molecular complexity index is 596. The van der Waals surface area contributed by atoms with Crippen LogP contribution in [0.4, 0.5) is 0 Å². The maximum absolute atomic E-state index is 6.03. The van der Waals surface area contributed by atoms with Gasteiger partial charge in [-0.1, -0.05) is 6.07 Å². The fourth-order valence-electron chi connectivity index (χ4n) is 2.55. The molecule has 0 aliphatic carbocycles. The number of guanidine groups is 1. The normalized spacial score (nSPS) is 16.8. The van der Waals surface area contributed by atoms with Crippen LogP contribution in [0.5, 0.6) is 0 Å². The molecule has 2 aromatic heterocycles. The van der Waals surface area contributed by atoms with E-state index in [0.717, 1.165) is 31.0 Å². The minimum atomic E-state index is 0.651. The second-order valence-corrected chi connectivity index (χ2v) is 5.08. The van der Waals surface area contributed by atoms with Gasteiger partial charge < -0.3 is 10.6 Å². The highest BCUT2D eigenvalue weighted by Crippen LogP contribution is 2.08. The molecule has 2 aromatic rings. The third kappa shape index (κ3) is 2.74. The lowest BCUT2D eigenvalue weighted by atomic mass is 10.1. The van der Waals surface area contributed by atoms with Gasteiger partial charge in [0, 0.05) is 32.3 Å². The molecule has 1 aliphatic heterocycles. The smallest absolute Gasteiger partial charge is 0.191 e. The maximum atomic E-state index is 6.03. The first-order valence-corrected chi connectivity index (χ1v) is 7.18. The minimum absolute atomic E-state index is 0.651. The zero-order valence-corrected chi connectivity index (χ0v) is 11.6. The summed E-state index contributed by atoms with van der Waals surface area (Å²) >= 11 is 0. The summed E-state index contributed by atoms with van der Waals surface area (Å²) in [4.78, 5) is 6.64. The van der Waals surface area contributed by atoms with Crippen LogP contribution in [0.2, 0.25) is 0 Å². The monoisotopic (exact) mass is 272 g/mol. The molecule has 0 bridgehead atoms. The topological polar surface area (TPSA) is 71.8 Å². The van der Waals surface area contributed by atoms with Crippen LogP contribution < -0.4 is 5.73 Å². The van der Waals surface area contributed by atoms with E-state index in [-0.39, 0.29) is 0 Å². The van der Waals surface area contributed by atoms with Crippen molar-refractivity contribution in [2.24, 2.45) is 10.7 Å². The molecule has 0 radical (unpaired) electrons. The quantitative estimate of drug-likeness (QED) is 0.670. The van der Waals surface area contributed by atoms with E-state index in [4.69, 9.17) is 5.73 Å². The van der Waals surface area contributed by atoms with Gasteiger partial charge in [0.25, 0.3) is 0 Å². The number of likely N-dealkylation sites (tertiary alicyclic amines) is 1. The molecule has 0 atom stereocenters. The maximum Gasteiger partial charge on any atom is 0.191 e. The molecule has 0 amide bonds. The molecular weight excluding hydrogens is 252 g/mol. The fourth-order valence-corrected chi connectivity index (χ4v) is 2.55. The second kappa shape index (κ2) is 5.90. The first kappa shape index (κ1) is 12.9. The zero-order chi connectivity index (χ0) is 13.8. The number of hydrogen-bond acceptors (Lipinski definition) is 3. The van der Waals surface area contributed by atoms with Crippen molar-refractivity contribution in [1.82, 2.24) is 19.5 Å². The third-order valence-electron chi connectivity index (χ3n) is 3.67. The third-order valence-corrected chi connectivity index (χ3v) is 3.67. The molecule has 3 heterocycles. The van der Waals surface area contributed by atoms with Crippen LogP contribution in [0.1, 0.15) is 25.1 Å². The van der Waals surface area contributed by atoms with Gasteiger partial charge in [-0.3, -0.25) is 9.39 Å². The van der Waals surface area contributed by atoms with Crippen LogP contribution in [-0.2, 0) is 6.42 Å². The van der Waals surface area contributed by atoms with E-state index in [1.807, 2.05) is 28.8 Å². The van der Waals surface area contributed by atoms with Crippen molar-refractivity contribution in [3.63, 3.8) is 0 Å². The number of fused-ring (bicyclic) bond motifs is 1. The van der Waals surface area contributed by atoms with E-state index in [2.05, 4.69) is 20.1 Å². The molecule has 1 saturated heterocycles. The second-order valence-electron chi connectivity index (χ2n) is 5.08. The van der Waals surface area contributed by atoms with E-state index < -0.39 is 0 Å². The van der Waals surface area contributed by atoms with Crippen molar-refractivity contribution in [1.29, 1.82) is 0 Å². The molecule has 0 saturated carbocycles. The molecule has 20 heavy (non-hydrogen) atoms. The lowest BCUT2D eigenvalue weighted by molar-refractivity contribution is 0.338. The zero-order valence-electron chi connectivity index (χ0n) is 11.6. The Labute approximate surface area is 118 Å². The Balaban J connectivity index is 1.61. The number of piperidine rings is 1. The predicted octanol–water partition coefficient (Wildman–Crippen LogP) is 1.07. The number of pyridine rings is 1. The van der Waals surface area contributed by atoms with E-state index in [9.17, 15) is 0 Å². The summed E-state index contributed by atoms with van der Waals surface area (Å²) in [6, 6.07) is 5.88. The highest BCUT2D eigenvalue weighted by Gasteiger charge is 2.11. The number of nitrogens with two attached hydrogens (primary N) is 1. The minimum Gasteiger partial charge on any atom is -0.370 e. The van der Waals surface area contributed by atoms with Crippen LogP contribution in [-0.4, -0.2) is 45.1 Å². The SMILES string of the molecule is NC(=NCCc1nnc2ccccn12)N1CCCCC1. The lowest BCUT2D eigenvalue weighted by Crippen LogP contribution is -2.41. The average molecular weight is 272 g/mol. The Morgan fingerprint density at radius 2 is 2.05 bits per heavy atom. The van der Waals surface area contributed by atoms with Crippen molar-refractivity contribution in [2.75, 3.05) is 19.6 Å². The van der Waals surface area contributed by atoms with Crippen LogP contribution in [0, 0.1) is 0 Å². The Kier molecular flexibility index (Phi) is 3.80. The highest BCUT2D eigenvalue weighted by atomic mass is 15.3. The highest BCUT2D eigenvalue weighted by molar-refractivity contribution is 5.78. The van der Waals surface area contributed by atoms with E-state index in [0.29, 0.717) is 12.5 Å². The largest absolute Gasteiger partial charge is 0.370 e. The molecule has 0 aromatic carbocycles. The first-order valence-electron chi connectivity index (χ1n) is 7.18. The molecule has 0 spiro atoms. The molecule has 2 N–H and O–H groups in total. The van der Waals surface area contributed by atoms with E-state index in [1.54, 1.807) is 0 Å². The van der Waals surface area contributed by atoms with Crippen LogP contribution in [0.3, 0.4) is 0 Å². The van der Waals surface area contributed by atoms with Crippen molar-refractivity contribution in [3.8, 4) is 0 Å². The lowest BCUT2D eigenvalue weighted by Gasteiger charge is -2.27. The fraction of sp³-hybridized carbons (Fsp3) is 0.500. The van der Waals surface area contributed by atoms with Crippen molar-refractivity contribution in [3.05, 3.63) is 30.2 Å². The van der Waals surface area contributed by atoms with Gasteiger partial charge in [-0.25, -0.2) is 0 Å². The van der Waals surface area contributed by atoms with Gasteiger partial charge in [-0.2, -0.15) is 0 Å². The summed E-state index contributed by atoms with van der Waals surface area (Å²) in [5.74, 6) is 1.59. The first-order chi connectivity index (χ1) is 9.84. The van der Waals surface area contributed by atoms with Crippen molar-refractivity contribution < 1.29 is 0 Å². The summed E-state index contributed by atoms with van der Waals surface area (Å²) in [6.45, 7) is 2.71. The molecule has 3 rings (SSSR count). The predicted molar refractivity (Wildman–Crippen MR) is 78.6 cm³/mol. The van der Waals surface area contributed by atoms with Crippen molar-refractivity contribution >= 4 is 11.6 Å². The van der Waals surface area contributed by atoms with Gasteiger partial charge in [0.05, 0.1) is 0 Å². The number of hydrogen-bond donors (Lipinski definition) is 1. The molecule has 6 nitrogen and oxygen atoms in total. The van der Waals surface area contributed by atoms with Gasteiger partial charge in [-0.15, -0.1) is 10.2 Å². The van der Waals surface area contributed by atoms with Crippen molar-refractivity contribution in [2.45, 2.75) is 25.7 Å². The van der Waals surface area contributed by atoms with Gasteiger partial charge in [0.2, 0.25) is 0 Å². The van der Waals surface area contributed by atoms with Gasteiger partial charge in [0.15, 0.2) is 11.6 Å². The van der Waals surface area contributed by atoms with Gasteiger partial charge >= 0.3 is 0 Å². The summed E-state index contributed by atoms with van der Waals surface area (Å²) in [6.07, 6.45) is 6.45. The summed E-state index contributed by atoms with van der Waals surface area (Å²) < 4.78 is 1.99. The molecule has 106 valence electrons. The van der Waals surface area contributed by atoms with Gasteiger partial charge in [-0.05, 0) is 31.4 Å². The van der Waals surface area contributed by atoms with E-state index in [1.165, 1.54) is 19.3 Å². The average Bonchev–Trinajstić information content (AvgIpc) is 2.92. The molecule has 1 fully saturated rings. The Hall–Kier alpha value is -2.11. The number of rotatable bonds is 3. The number of nitrogens with zero attached hydrogens (tertiary/aromatic N) is 5. The summed E-state index contributed by atoms with van der Waals surface area (Å²) in [5, 5.41) is 8.32. The summed E-state index contributed by atoms with van der Waals surface area (Å²) in [7, 11) is 0. The summed E-state index contributed by atoms with van der Waals surface area (Å²) in [5.41, 5.74) is 6.90. The van der Waals surface area contributed by atoms with Crippen LogP contribution in [0.25, 0.3) is 5.65 Å². The molecule has 6 heteroatoms.